The molecule has 0 saturated carbocycles. The second-order valence-corrected chi connectivity index (χ2v) is 4.17. The predicted octanol–water partition coefficient (Wildman–Crippen LogP) is 1.08. The molecular weight excluding hydrogens is 238 g/mol. The normalized spacial score (nSPS) is 23.6. The van der Waals surface area contributed by atoms with Crippen LogP contribution in [0.5, 0.6) is 0 Å². The number of azide groups is 1. The molecule has 0 bridgehead atoms. The van der Waals surface area contributed by atoms with Crippen molar-refractivity contribution in [2.24, 2.45) is 5.11 Å². The number of methoxy groups -OCH3 is 1. The molecule has 0 aliphatic carbocycles. The minimum atomic E-state index is -0.367. The van der Waals surface area contributed by atoms with E-state index >= 15 is 0 Å². The lowest BCUT2D eigenvalue weighted by Gasteiger charge is -2.21. The van der Waals surface area contributed by atoms with Crippen LogP contribution in [0.1, 0.15) is 26.2 Å². The number of hydrogen-bond donors (Lipinski definition) is 2. The van der Waals surface area contributed by atoms with E-state index in [2.05, 4.69) is 25.4 Å². The van der Waals surface area contributed by atoms with Gasteiger partial charge >= 0.3 is 12.0 Å². The van der Waals surface area contributed by atoms with E-state index in [0.717, 1.165) is 0 Å². The molecule has 100 valence electrons. The maximum atomic E-state index is 11.2. The number of carbonyl (C=O) groups is 2. The highest BCUT2D eigenvalue weighted by atomic mass is 16.5. The van der Waals surface area contributed by atoms with Gasteiger partial charge in [-0.15, -0.1) is 0 Å². The highest BCUT2D eigenvalue weighted by Gasteiger charge is 2.33. The van der Waals surface area contributed by atoms with Crippen LogP contribution < -0.4 is 10.6 Å². The fourth-order valence-electron chi connectivity index (χ4n) is 1.98. The molecule has 0 aromatic heterocycles. The average Bonchev–Trinajstić information content (AvgIpc) is 2.67. The molecule has 0 spiro atoms. The van der Waals surface area contributed by atoms with Gasteiger partial charge in [-0.3, -0.25) is 4.79 Å². The predicted molar refractivity (Wildman–Crippen MR) is 63.7 cm³/mol. The SMILES string of the molecule is COC(=O)CCCC(N=[N+]=[N-])[C@H]1NC(=O)N[C@H]1C. The summed E-state index contributed by atoms with van der Waals surface area (Å²) in [6.45, 7) is 1.84. The van der Waals surface area contributed by atoms with E-state index in [4.69, 9.17) is 5.53 Å². The maximum Gasteiger partial charge on any atom is 0.315 e. The first-order valence-corrected chi connectivity index (χ1v) is 5.76. The first-order chi connectivity index (χ1) is 8.58. The Kier molecular flexibility index (Phi) is 5.26. The monoisotopic (exact) mass is 255 g/mol. The molecule has 2 N–H and O–H groups in total. The number of nitrogens with zero attached hydrogens (tertiary/aromatic N) is 3. The Morgan fingerprint density at radius 2 is 2.33 bits per heavy atom. The van der Waals surface area contributed by atoms with Gasteiger partial charge in [-0.2, -0.15) is 0 Å². The summed E-state index contributed by atoms with van der Waals surface area (Å²) < 4.78 is 4.53. The molecule has 1 unspecified atom stereocenters. The Balaban J connectivity index is 2.52. The molecule has 0 radical (unpaired) electrons. The fraction of sp³-hybridized carbons (Fsp3) is 0.800. The van der Waals surface area contributed by atoms with E-state index in [1.165, 1.54) is 7.11 Å². The van der Waals surface area contributed by atoms with Crippen LogP contribution in [0, 0.1) is 0 Å². The molecule has 0 aromatic rings. The number of esters is 1. The topological polar surface area (TPSA) is 116 Å². The van der Waals surface area contributed by atoms with Gasteiger partial charge < -0.3 is 15.4 Å². The minimum Gasteiger partial charge on any atom is -0.469 e. The highest BCUT2D eigenvalue weighted by Crippen LogP contribution is 2.16. The smallest absolute Gasteiger partial charge is 0.315 e. The van der Waals surface area contributed by atoms with Gasteiger partial charge in [0.1, 0.15) is 0 Å². The van der Waals surface area contributed by atoms with Gasteiger partial charge in [0.05, 0.1) is 19.2 Å². The van der Waals surface area contributed by atoms with Crippen molar-refractivity contribution in [3.05, 3.63) is 10.4 Å². The van der Waals surface area contributed by atoms with Gasteiger partial charge in [-0.1, -0.05) is 5.11 Å². The first-order valence-electron chi connectivity index (χ1n) is 5.76. The zero-order chi connectivity index (χ0) is 13.5. The molecule has 18 heavy (non-hydrogen) atoms. The second kappa shape index (κ2) is 6.70. The van der Waals surface area contributed by atoms with Crippen molar-refractivity contribution in [2.45, 2.75) is 44.3 Å². The van der Waals surface area contributed by atoms with Crippen molar-refractivity contribution in [2.75, 3.05) is 7.11 Å². The largest absolute Gasteiger partial charge is 0.469 e. The summed E-state index contributed by atoms with van der Waals surface area (Å²) >= 11 is 0. The maximum absolute atomic E-state index is 11.2. The lowest BCUT2D eigenvalue weighted by Crippen LogP contribution is -2.41. The molecule has 1 rings (SSSR count). The summed E-state index contributed by atoms with van der Waals surface area (Å²) in [6, 6.07) is -0.982. The van der Waals surface area contributed by atoms with Gasteiger partial charge in [0, 0.05) is 17.4 Å². The number of carbonyl (C=O) groups excluding carboxylic acids is 2. The standard InChI is InChI=1S/C10H17N5O3/c1-6-9(13-10(17)12-6)7(14-15-11)4-3-5-8(16)18-2/h6-7,9H,3-5H2,1-2H3,(H2,12,13,17)/t6-,7?,9-/m0/s1. The third-order valence-electron chi connectivity index (χ3n) is 2.92. The van der Waals surface area contributed by atoms with Crippen LogP contribution in [0.25, 0.3) is 10.4 Å². The minimum absolute atomic E-state index is 0.105. The molecule has 1 heterocycles. The Bertz CT molecular complexity index is 367. The number of hydrogen-bond acceptors (Lipinski definition) is 4. The van der Waals surface area contributed by atoms with Crippen LogP contribution in [0.3, 0.4) is 0 Å². The third kappa shape index (κ3) is 3.81. The zero-order valence-electron chi connectivity index (χ0n) is 10.4. The van der Waals surface area contributed by atoms with Crippen LogP contribution in [0.4, 0.5) is 4.79 Å². The second-order valence-electron chi connectivity index (χ2n) is 4.17. The fourth-order valence-corrected chi connectivity index (χ4v) is 1.98. The van der Waals surface area contributed by atoms with Crippen molar-refractivity contribution in [3.8, 4) is 0 Å². The van der Waals surface area contributed by atoms with Crippen molar-refractivity contribution >= 4 is 12.0 Å². The van der Waals surface area contributed by atoms with Gasteiger partial charge in [0.2, 0.25) is 0 Å². The lowest BCUT2D eigenvalue weighted by molar-refractivity contribution is -0.140. The number of ether oxygens (including phenoxy) is 1. The molecule has 2 amide bonds. The van der Waals surface area contributed by atoms with Crippen molar-refractivity contribution in [3.63, 3.8) is 0 Å². The van der Waals surface area contributed by atoms with Gasteiger partial charge in [0.25, 0.3) is 0 Å². The van der Waals surface area contributed by atoms with E-state index in [-0.39, 0.29) is 36.5 Å². The quantitative estimate of drug-likeness (QED) is 0.320. The van der Waals surface area contributed by atoms with Crippen LogP contribution in [0.15, 0.2) is 5.11 Å². The van der Waals surface area contributed by atoms with Crippen molar-refractivity contribution < 1.29 is 14.3 Å². The van der Waals surface area contributed by atoms with Crippen molar-refractivity contribution in [1.82, 2.24) is 10.6 Å². The number of nitrogens with one attached hydrogen (secondary N) is 2. The zero-order valence-corrected chi connectivity index (χ0v) is 10.4. The Morgan fingerprint density at radius 3 is 2.83 bits per heavy atom. The first kappa shape index (κ1) is 14.1. The Hall–Kier alpha value is -1.95. The van der Waals surface area contributed by atoms with E-state index in [9.17, 15) is 9.59 Å². The van der Waals surface area contributed by atoms with E-state index < -0.39 is 0 Å². The molecule has 8 nitrogen and oxygen atoms in total. The highest BCUT2D eigenvalue weighted by molar-refractivity contribution is 5.77. The van der Waals surface area contributed by atoms with Gasteiger partial charge in [-0.05, 0) is 25.3 Å². The molecule has 1 aliphatic rings. The van der Waals surface area contributed by atoms with E-state index in [1.807, 2.05) is 6.92 Å². The summed E-state index contributed by atoms with van der Waals surface area (Å²) in [6.07, 6.45) is 1.35. The molecular formula is C10H17N5O3. The summed E-state index contributed by atoms with van der Waals surface area (Å²) in [4.78, 5) is 24.9. The third-order valence-corrected chi connectivity index (χ3v) is 2.92. The van der Waals surface area contributed by atoms with Crippen LogP contribution in [0.2, 0.25) is 0 Å². The summed E-state index contributed by atoms with van der Waals surface area (Å²) in [7, 11) is 1.33. The van der Waals surface area contributed by atoms with E-state index in [1.54, 1.807) is 0 Å². The molecule has 0 aromatic carbocycles. The summed E-state index contributed by atoms with van der Waals surface area (Å²) in [5.74, 6) is -0.295. The summed E-state index contributed by atoms with van der Waals surface area (Å²) in [5.41, 5.74) is 8.54. The molecule has 1 saturated heterocycles. The number of urea groups is 1. The van der Waals surface area contributed by atoms with E-state index in [0.29, 0.717) is 12.8 Å². The molecule has 8 heteroatoms. The van der Waals surface area contributed by atoms with Crippen LogP contribution >= 0.6 is 0 Å². The Labute approximate surface area is 105 Å². The molecule has 3 atom stereocenters. The molecule has 1 aliphatic heterocycles. The van der Waals surface area contributed by atoms with Gasteiger partial charge in [0.15, 0.2) is 0 Å². The number of rotatable bonds is 6. The van der Waals surface area contributed by atoms with Crippen LogP contribution in [-0.2, 0) is 9.53 Å². The van der Waals surface area contributed by atoms with Gasteiger partial charge in [-0.25, -0.2) is 4.79 Å². The lowest BCUT2D eigenvalue weighted by atomic mass is 9.98. The van der Waals surface area contributed by atoms with Crippen LogP contribution in [-0.4, -0.2) is 37.2 Å². The summed E-state index contributed by atoms with van der Waals surface area (Å²) in [5, 5.41) is 9.09. The number of amides is 2. The Morgan fingerprint density at radius 1 is 1.61 bits per heavy atom. The average molecular weight is 255 g/mol. The molecule has 1 fully saturated rings. The van der Waals surface area contributed by atoms with Crippen molar-refractivity contribution in [1.29, 1.82) is 0 Å².